The molecule has 10 heteroatoms. The van der Waals surface area contributed by atoms with Crippen molar-refractivity contribution in [3.05, 3.63) is 72.2 Å². The molecule has 0 atom stereocenters. The van der Waals surface area contributed by atoms with Gasteiger partial charge in [-0.15, -0.1) is 0 Å². The van der Waals surface area contributed by atoms with E-state index in [1.807, 2.05) is 6.07 Å². The number of nitrogens with two attached hydrogens (primary N) is 1. The molecule has 3 aromatic rings. The number of sulfonamides is 1. The molecule has 0 aliphatic rings. The molecule has 3 N–H and O–H groups in total. The van der Waals surface area contributed by atoms with Crippen LogP contribution in [0.5, 0.6) is 0 Å². The van der Waals surface area contributed by atoms with Crippen LogP contribution in [0.3, 0.4) is 0 Å². The van der Waals surface area contributed by atoms with E-state index in [0.29, 0.717) is 10.0 Å². The van der Waals surface area contributed by atoms with E-state index in [4.69, 9.17) is 17.4 Å². The highest BCUT2D eigenvalue weighted by atomic mass is 32.2. The maximum Gasteiger partial charge on any atom is 0.238 e. The van der Waals surface area contributed by atoms with Crippen LogP contribution in [0.15, 0.2) is 65.7 Å². The molecular formula is C22H22FN3O3S3. The summed E-state index contributed by atoms with van der Waals surface area (Å²) in [4.78, 5) is 4.65. The minimum atomic E-state index is -3.80. The van der Waals surface area contributed by atoms with Gasteiger partial charge in [-0.2, -0.15) is 0 Å². The fourth-order valence-electron chi connectivity index (χ4n) is 3.06. The first-order valence-corrected chi connectivity index (χ1v) is 12.6. The summed E-state index contributed by atoms with van der Waals surface area (Å²) < 4.78 is 37.0. The Morgan fingerprint density at radius 1 is 1.16 bits per heavy atom. The van der Waals surface area contributed by atoms with Crippen molar-refractivity contribution in [1.29, 1.82) is 0 Å². The van der Waals surface area contributed by atoms with E-state index in [2.05, 4.69) is 4.98 Å². The highest BCUT2D eigenvalue weighted by molar-refractivity contribution is 8.22. The number of hydroxylamine groups is 2. The number of thioether (sulfide) groups is 1. The number of pyridine rings is 1. The first kappa shape index (κ1) is 24.3. The Bertz CT molecular complexity index is 1200. The van der Waals surface area contributed by atoms with Crippen LogP contribution in [0.2, 0.25) is 0 Å². The highest BCUT2D eigenvalue weighted by Gasteiger charge is 2.13. The van der Waals surface area contributed by atoms with Crippen LogP contribution in [0, 0.1) is 5.82 Å². The van der Waals surface area contributed by atoms with Gasteiger partial charge < -0.3 is 0 Å². The predicted octanol–water partition coefficient (Wildman–Crippen LogP) is 4.47. The first-order valence-electron chi connectivity index (χ1n) is 9.62. The highest BCUT2D eigenvalue weighted by Crippen LogP contribution is 2.32. The molecule has 0 bridgehead atoms. The van der Waals surface area contributed by atoms with Crippen molar-refractivity contribution >= 4 is 38.3 Å². The molecule has 0 amide bonds. The topological polar surface area (TPSA) is 96.5 Å². The maximum atomic E-state index is 13.4. The van der Waals surface area contributed by atoms with E-state index in [9.17, 15) is 18.0 Å². The van der Waals surface area contributed by atoms with Gasteiger partial charge >= 0.3 is 0 Å². The van der Waals surface area contributed by atoms with Crippen LogP contribution in [-0.2, 0) is 16.4 Å². The lowest BCUT2D eigenvalue weighted by Crippen LogP contribution is -2.17. The number of aryl methyl sites for hydroxylation is 1. The van der Waals surface area contributed by atoms with Gasteiger partial charge in [0.25, 0.3) is 0 Å². The zero-order valence-electron chi connectivity index (χ0n) is 17.2. The Labute approximate surface area is 196 Å². The molecule has 0 saturated carbocycles. The third kappa shape index (κ3) is 6.33. The van der Waals surface area contributed by atoms with Gasteiger partial charge in [0, 0.05) is 30.1 Å². The lowest BCUT2D eigenvalue weighted by atomic mass is 9.97. The van der Waals surface area contributed by atoms with E-state index < -0.39 is 10.0 Å². The number of thiocarbonyl (C=S) groups is 1. The van der Waals surface area contributed by atoms with E-state index in [0.717, 1.165) is 45.9 Å². The summed E-state index contributed by atoms with van der Waals surface area (Å²) in [6.07, 6.45) is 3.34. The lowest BCUT2D eigenvalue weighted by Gasteiger charge is -2.13. The molecule has 0 unspecified atom stereocenters. The van der Waals surface area contributed by atoms with Gasteiger partial charge in [-0.05, 0) is 66.4 Å². The zero-order valence-corrected chi connectivity index (χ0v) is 19.7. The van der Waals surface area contributed by atoms with Gasteiger partial charge in [-0.1, -0.05) is 36.1 Å². The molecule has 1 aromatic heterocycles. The number of benzene rings is 2. The Kier molecular flexibility index (Phi) is 7.96. The number of rotatable bonds is 7. The largest absolute Gasteiger partial charge is 0.287 e. The Hall–Kier alpha value is -2.37. The number of aromatic nitrogens is 1. The van der Waals surface area contributed by atoms with Crippen molar-refractivity contribution in [2.45, 2.75) is 17.7 Å². The summed E-state index contributed by atoms with van der Waals surface area (Å²) in [6.45, 7) is 0. The van der Waals surface area contributed by atoms with Gasteiger partial charge in [0.05, 0.1) is 10.6 Å². The van der Waals surface area contributed by atoms with Gasteiger partial charge in [0.15, 0.2) is 4.32 Å². The number of nitrogens with zero attached hydrogens (tertiary/aromatic N) is 2. The van der Waals surface area contributed by atoms with Crippen molar-refractivity contribution in [3.8, 4) is 22.4 Å². The predicted molar refractivity (Wildman–Crippen MR) is 129 cm³/mol. The Morgan fingerprint density at radius 3 is 2.38 bits per heavy atom. The van der Waals surface area contributed by atoms with Crippen molar-refractivity contribution < 1.29 is 18.0 Å². The molecule has 32 heavy (non-hydrogen) atoms. The van der Waals surface area contributed by atoms with Crippen molar-refractivity contribution in [1.82, 2.24) is 10.0 Å². The normalized spacial score (nSPS) is 11.4. The third-order valence-electron chi connectivity index (χ3n) is 4.66. The summed E-state index contributed by atoms with van der Waals surface area (Å²) in [5.74, 6) is 0.398. The Morgan fingerprint density at radius 2 is 1.78 bits per heavy atom. The van der Waals surface area contributed by atoms with E-state index in [1.54, 1.807) is 30.5 Å². The first-order chi connectivity index (χ1) is 15.1. The maximum absolute atomic E-state index is 13.4. The SMILES string of the molecule is CN(O)C(=S)SCCCc1cnc(-c2ccc(F)cc2)c(-c2ccc(S(N)(=O)=O)cc2)c1. The number of primary sulfonamides is 1. The summed E-state index contributed by atoms with van der Waals surface area (Å²) in [7, 11) is -2.31. The molecular weight excluding hydrogens is 469 g/mol. The average molecular weight is 492 g/mol. The van der Waals surface area contributed by atoms with Gasteiger partial charge in [-0.3, -0.25) is 10.2 Å². The minimum absolute atomic E-state index is 0.0236. The molecule has 0 aliphatic heterocycles. The molecule has 168 valence electrons. The van der Waals surface area contributed by atoms with Crippen molar-refractivity contribution in [2.24, 2.45) is 5.14 Å². The average Bonchev–Trinajstić information content (AvgIpc) is 2.76. The molecule has 0 saturated heterocycles. The summed E-state index contributed by atoms with van der Waals surface area (Å²) in [5.41, 5.74) is 3.96. The fraction of sp³-hybridized carbons (Fsp3) is 0.182. The molecule has 2 aromatic carbocycles. The number of halogens is 1. The van der Waals surface area contributed by atoms with Crippen LogP contribution in [0.25, 0.3) is 22.4 Å². The van der Waals surface area contributed by atoms with Crippen LogP contribution >= 0.6 is 24.0 Å². The van der Waals surface area contributed by atoms with Gasteiger partial charge in [0.2, 0.25) is 10.0 Å². The van der Waals surface area contributed by atoms with Crippen LogP contribution in [0.4, 0.5) is 4.39 Å². The Balaban J connectivity index is 1.91. The molecule has 1 heterocycles. The fourth-order valence-corrected chi connectivity index (χ4v) is 4.47. The molecule has 0 spiro atoms. The van der Waals surface area contributed by atoms with E-state index >= 15 is 0 Å². The summed E-state index contributed by atoms with van der Waals surface area (Å²) in [5, 5.41) is 15.4. The molecule has 3 rings (SSSR count). The molecule has 0 radical (unpaired) electrons. The lowest BCUT2D eigenvalue weighted by molar-refractivity contribution is 0.0205. The summed E-state index contributed by atoms with van der Waals surface area (Å²) >= 11 is 6.45. The molecule has 0 fully saturated rings. The van der Waals surface area contributed by atoms with Crippen LogP contribution < -0.4 is 5.14 Å². The second kappa shape index (κ2) is 10.5. The van der Waals surface area contributed by atoms with Crippen LogP contribution in [0.1, 0.15) is 12.0 Å². The summed E-state index contributed by atoms with van der Waals surface area (Å²) in [6, 6.07) is 14.3. The van der Waals surface area contributed by atoms with Crippen molar-refractivity contribution in [3.63, 3.8) is 0 Å². The van der Waals surface area contributed by atoms with Crippen LogP contribution in [-0.4, -0.2) is 40.8 Å². The third-order valence-corrected chi connectivity index (χ3v) is 7.21. The molecule has 6 nitrogen and oxygen atoms in total. The van der Waals surface area contributed by atoms with Gasteiger partial charge in [-0.25, -0.2) is 23.0 Å². The molecule has 0 aliphatic carbocycles. The van der Waals surface area contributed by atoms with E-state index in [-0.39, 0.29) is 10.7 Å². The van der Waals surface area contributed by atoms with Gasteiger partial charge in [0.1, 0.15) is 5.82 Å². The number of hydrogen-bond donors (Lipinski definition) is 2. The number of hydrogen-bond acceptors (Lipinski definition) is 6. The second-order valence-electron chi connectivity index (χ2n) is 7.06. The standard InChI is InChI=1S/C22H22FN3O3S3/c1-26(27)22(30)31-12-2-3-15-13-20(16-6-10-19(11-7-16)32(24,28)29)21(25-14-15)17-4-8-18(23)9-5-17/h4-11,13-14,27H,2-3,12H2,1H3,(H2,24,28,29). The zero-order chi connectivity index (χ0) is 23.3. The van der Waals surface area contributed by atoms with E-state index in [1.165, 1.54) is 43.1 Å². The second-order valence-corrected chi connectivity index (χ2v) is 10.3. The minimum Gasteiger partial charge on any atom is -0.287 e. The monoisotopic (exact) mass is 491 g/mol. The quantitative estimate of drug-likeness (QED) is 0.286. The van der Waals surface area contributed by atoms with Crippen molar-refractivity contribution in [2.75, 3.05) is 12.8 Å². The smallest absolute Gasteiger partial charge is 0.238 e.